The van der Waals surface area contributed by atoms with Gasteiger partial charge in [-0.1, -0.05) is 0 Å². The Kier molecular flexibility index (Phi) is 2.44. The summed E-state index contributed by atoms with van der Waals surface area (Å²) in [5.74, 6) is -0.130. The van der Waals surface area contributed by atoms with Crippen LogP contribution in [0.25, 0.3) is 0 Å². The maximum absolute atomic E-state index is 11.2. The molecule has 0 aromatic rings. The zero-order valence-corrected chi connectivity index (χ0v) is 8.03. The first-order chi connectivity index (χ1) is 6.66. The average molecular weight is 197 g/mol. The quantitative estimate of drug-likeness (QED) is 0.639. The zero-order chi connectivity index (χ0) is 10.1. The van der Waals surface area contributed by atoms with E-state index in [-0.39, 0.29) is 11.9 Å². The number of carbonyl (C=O) groups is 2. The smallest absolute Gasteiger partial charge is 0.312 e. The number of aliphatic carboxylic acids is 1. The minimum absolute atomic E-state index is 0.266. The van der Waals surface area contributed by atoms with Crippen LogP contribution in [0.15, 0.2) is 0 Å². The first kappa shape index (κ1) is 9.49. The third-order valence-corrected chi connectivity index (χ3v) is 2.90. The fraction of sp³-hybridized carbons (Fsp3) is 0.800. The largest absolute Gasteiger partial charge is 0.481 e. The van der Waals surface area contributed by atoms with Crippen LogP contribution in [0.2, 0.25) is 0 Å². The van der Waals surface area contributed by atoms with Crippen LogP contribution in [0.1, 0.15) is 32.1 Å². The van der Waals surface area contributed by atoms with E-state index in [4.69, 9.17) is 5.11 Å². The van der Waals surface area contributed by atoms with Crippen LogP contribution in [-0.2, 0) is 9.59 Å². The molecule has 0 aliphatic heterocycles. The summed E-state index contributed by atoms with van der Waals surface area (Å²) < 4.78 is 0. The van der Waals surface area contributed by atoms with Crippen LogP contribution in [0.5, 0.6) is 0 Å². The Morgan fingerprint density at radius 1 is 1.21 bits per heavy atom. The van der Waals surface area contributed by atoms with Crippen molar-refractivity contribution in [1.82, 2.24) is 5.32 Å². The minimum atomic E-state index is -1.05. The van der Waals surface area contributed by atoms with Crippen LogP contribution >= 0.6 is 0 Å². The Labute approximate surface area is 82.7 Å². The summed E-state index contributed by atoms with van der Waals surface area (Å²) in [6.45, 7) is 0. The lowest BCUT2D eigenvalue weighted by molar-refractivity contribution is -0.140. The van der Waals surface area contributed by atoms with Crippen LogP contribution in [-0.4, -0.2) is 23.0 Å². The fourth-order valence-corrected chi connectivity index (χ4v) is 1.91. The molecule has 2 saturated carbocycles. The van der Waals surface area contributed by atoms with E-state index >= 15 is 0 Å². The van der Waals surface area contributed by atoms with Crippen molar-refractivity contribution < 1.29 is 14.7 Å². The highest BCUT2D eigenvalue weighted by Gasteiger charge is 2.42. The SMILES string of the molecule is O=C(O)CC(=O)NC(C1CC1)C1CC1. The Morgan fingerprint density at radius 2 is 1.71 bits per heavy atom. The third kappa shape index (κ3) is 2.47. The molecule has 2 fully saturated rings. The number of carbonyl (C=O) groups excluding carboxylic acids is 1. The molecular formula is C10H15NO3. The number of carboxylic acids is 1. The van der Waals surface area contributed by atoms with E-state index in [2.05, 4.69) is 5.32 Å². The van der Waals surface area contributed by atoms with Gasteiger partial charge in [0, 0.05) is 6.04 Å². The van der Waals surface area contributed by atoms with E-state index in [9.17, 15) is 9.59 Å². The van der Waals surface area contributed by atoms with Gasteiger partial charge in [-0.25, -0.2) is 0 Å². The molecule has 0 aromatic heterocycles. The molecule has 0 unspecified atom stereocenters. The molecule has 2 aliphatic rings. The molecule has 14 heavy (non-hydrogen) atoms. The molecule has 2 N–H and O–H groups in total. The lowest BCUT2D eigenvalue weighted by Gasteiger charge is -2.16. The summed E-state index contributed by atoms with van der Waals surface area (Å²) in [6.07, 6.45) is 4.36. The van der Waals surface area contributed by atoms with Crippen LogP contribution in [0.3, 0.4) is 0 Å². The topological polar surface area (TPSA) is 66.4 Å². The van der Waals surface area contributed by atoms with Crippen molar-refractivity contribution in [3.63, 3.8) is 0 Å². The van der Waals surface area contributed by atoms with Gasteiger partial charge >= 0.3 is 5.97 Å². The molecule has 0 saturated heterocycles. The second kappa shape index (κ2) is 3.59. The highest BCUT2D eigenvalue weighted by molar-refractivity contribution is 5.93. The fourth-order valence-electron chi connectivity index (χ4n) is 1.91. The van der Waals surface area contributed by atoms with Crippen LogP contribution in [0, 0.1) is 11.8 Å². The second-order valence-electron chi connectivity index (χ2n) is 4.34. The summed E-state index contributed by atoms with van der Waals surface area (Å²) in [4.78, 5) is 21.5. The molecule has 0 aromatic carbocycles. The summed E-state index contributed by atoms with van der Waals surface area (Å²) in [7, 11) is 0. The second-order valence-corrected chi connectivity index (χ2v) is 4.34. The van der Waals surface area contributed by atoms with Crippen molar-refractivity contribution >= 4 is 11.9 Å². The van der Waals surface area contributed by atoms with Crippen molar-refractivity contribution in [3.05, 3.63) is 0 Å². The van der Waals surface area contributed by atoms with Crippen molar-refractivity contribution in [2.45, 2.75) is 38.1 Å². The first-order valence-electron chi connectivity index (χ1n) is 5.18. The van der Waals surface area contributed by atoms with E-state index in [1.807, 2.05) is 0 Å². The van der Waals surface area contributed by atoms with E-state index in [1.165, 1.54) is 25.7 Å². The molecule has 78 valence electrons. The number of rotatable bonds is 5. The molecule has 0 heterocycles. The Hall–Kier alpha value is -1.06. The Balaban J connectivity index is 1.80. The Morgan fingerprint density at radius 3 is 2.07 bits per heavy atom. The van der Waals surface area contributed by atoms with Gasteiger partial charge in [0.05, 0.1) is 0 Å². The summed E-state index contributed by atoms with van der Waals surface area (Å²) in [6, 6.07) is 0.266. The minimum Gasteiger partial charge on any atom is -0.481 e. The average Bonchev–Trinajstić information content (AvgIpc) is 2.94. The monoisotopic (exact) mass is 197 g/mol. The van der Waals surface area contributed by atoms with Crippen molar-refractivity contribution in [3.8, 4) is 0 Å². The standard InChI is InChI=1S/C10H15NO3/c12-8(5-9(13)14)11-10(6-1-2-6)7-3-4-7/h6-7,10H,1-5H2,(H,11,12)(H,13,14). The van der Waals surface area contributed by atoms with Crippen molar-refractivity contribution in [2.24, 2.45) is 11.8 Å². The van der Waals surface area contributed by atoms with E-state index < -0.39 is 12.4 Å². The molecule has 0 atom stereocenters. The van der Waals surface area contributed by atoms with Gasteiger partial charge in [0.2, 0.25) is 5.91 Å². The predicted octanol–water partition coefficient (Wildman–Crippen LogP) is 0.766. The maximum atomic E-state index is 11.2. The Bertz CT molecular complexity index is 244. The lowest BCUT2D eigenvalue weighted by Crippen LogP contribution is -2.38. The summed E-state index contributed by atoms with van der Waals surface area (Å²) >= 11 is 0. The zero-order valence-electron chi connectivity index (χ0n) is 8.03. The van der Waals surface area contributed by atoms with Gasteiger partial charge in [0.1, 0.15) is 6.42 Å². The lowest BCUT2D eigenvalue weighted by atomic mass is 10.1. The van der Waals surface area contributed by atoms with Gasteiger partial charge in [-0.15, -0.1) is 0 Å². The summed E-state index contributed by atoms with van der Waals surface area (Å²) in [5, 5.41) is 11.3. The molecule has 4 nitrogen and oxygen atoms in total. The van der Waals surface area contributed by atoms with Crippen LogP contribution < -0.4 is 5.32 Å². The molecule has 1 amide bonds. The number of hydrogen-bond donors (Lipinski definition) is 2. The van der Waals surface area contributed by atoms with E-state index in [0.29, 0.717) is 11.8 Å². The number of amides is 1. The molecule has 0 spiro atoms. The van der Waals surface area contributed by atoms with Gasteiger partial charge in [0.15, 0.2) is 0 Å². The molecule has 2 rings (SSSR count). The highest BCUT2D eigenvalue weighted by atomic mass is 16.4. The van der Waals surface area contributed by atoms with Gasteiger partial charge < -0.3 is 10.4 Å². The molecular weight excluding hydrogens is 182 g/mol. The molecule has 4 heteroatoms. The molecule has 0 radical (unpaired) electrons. The normalized spacial score (nSPS) is 20.9. The summed E-state index contributed by atoms with van der Waals surface area (Å²) in [5.41, 5.74) is 0. The number of carboxylic acid groups (broad SMARTS) is 1. The third-order valence-electron chi connectivity index (χ3n) is 2.90. The predicted molar refractivity (Wildman–Crippen MR) is 49.6 cm³/mol. The highest BCUT2D eigenvalue weighted by Crippen LogP contribution is 2.44. The van der Waals surface area contributed by atoms with E-state index in [0.717, 1.165) is 0 Å². The maximum Gasteiger partial charge on any atom is 0.312 e. The number of hydrogen-bond acceptors (Lipinski definition) is 2. The van der Waals surface area contributed by atoms with Crippen molar-refractivity contribution in [1.29, 1.82) is 0 Å². The van der Waals surface area contributed by atoms with Gasteiger partial charge in [-0.05, 0) is 37.5 Å². The van der Waals surface area contributed by atoms with E-state index in [1.54, 1.807) is 0 Å². The molecule has 2 aliphatic carbocycles. The van der Waals surface area contributed by atoms with Crippen molar-refractivity contribution in [2.75, 3.05) is 0 Å². The van der Waals surface area contributed by atoms with Gasteiger partial charge in [0.25, 0.3) is 0 Å². The number of nitrogens with one attached hydrogen (secondary N) is 1. The first-order valence-corrected chi connectivity index (χ1v) is 5.18. The van der Waals surface area contributed by atoms with Gasteiger partial charge in [-0.3, -0.25) is 9.59 Å². The molecule has 0 bridgehead atoms. The van der Waals surface area contributed by atoms with Crippen LogP contribution in [0.4, 0.5) is 0 Å². The van der Waals surface area contributed by atoms with Gasteiger partial charge in [-0.2, -0.15) is 0 Å².